The predicted molar refractivity (Wildman–Crippen MR) is 117 cm³/mol. The summed E-state index contributed by atoms with van der Waals surface area (Å²) >= 11 is 0. The van der Waals surface area contributed by atoms with E-state index in [0.717, 1.165) is 28.7 Å². The fraction of sp³-hybridized carbons (Fsp3) is 0.304. The van der Waals surface area contributed by atoms with Gasteiger partial charge in [0.1, 0.15) is 11.6 Å². The molecule has 0 radical (unpaired) electrons. The standard InChI is InChI=1S/C23H22F4N4O2/c1-30(22(32)29-16-3-5-18(6-4-16)33-23(25,26)27)17-9-12-31(13-10-17)21-8-11-28-20-7-2-15(24)14-19(20)21/h2-8,11,14,17H,9-10,12-13H2,1H3,(H,29,32). The molecular weight excluding hydrogens is 440 g/mol. The van der Waals surface area contributed by atoms with Crippen LogP contribution < -0.4 is 15.0 Å². The largest absolute Gasteiger partial charge is 0.573 e. The van der Waals surface area contributed by atoms with Gasteiger partial charge in [0.05, 0.1) is 5.52 Å². The summed E-state index contributed by atoms with van der Waals surface area (Å²) in [6.07, 6.45) is -1.65. The highest BCUT2D eigenvalue weighted by Gasteiger charge is 2.31. The fourth-order valence-electron chi connectivity index (χ4n) is 3.99. The van der Waals surface area contributed by atoms with Gasteiger partial charge in [-0.1, -0.05) is 0 Å². The van der Waals surface area contributed by atoms with Crippen LogP contribution in [0.25, 0.3) is 10.9 Å². The lowest BCUT2D eigenvalue weighted by Gasteiger charge is -2.38. The zero-order valence-corrected chi connectivity index (χ0v) is 17.8. The third-order valence-electron chi connectivity index (χ3n) is 5.69. The Kier molecular flexibility index (Phi) is 6.26. The summed E-state index contributed by atoms with van der Waals surface area (Å²) in [6, 6.07) is 11.0. The van der Waals surface area contributed by atoms with Crippen molar-refractivity contribution in [3.8, 4) is 5.75 Å². The number of halogens is 4. The maximum atomic E-state index is 13.8. The number of pyridine rings is 1. The van der Waals surface area contributed by atoms with E-state index in [1.807, 2.05) is 6.07 Å². The van der Waals surface area contributed by atoms with E-state index in [2.05, 4.69) is 19.9 Å². The SMILES string of the molecule is CN(C(=O)Nc1ccc(OC(F)(F)F)cc1)C1CCN(c2ccnc3ccc(F)cc23)CC1. The molecule has 1 aliphatic heterocycles. The third kappa shape index (κ3) is 5.44. The zero-order valence-electron chi connectivity index (χ0n) is 17.8. The minimum Gasteiger partial charge on any atom is -0.406 e. The number of carbonyl (C=O) groups is 1. The molecule has 2 heterocycles. The number of fused-ring (bicyclic) bond motifs is 1. The smallest absolute Gasteiger partial charge is 0.406 e. The van der Waals surface area contributed by atoms with E-state index in [9.17, 15) is 22.4 Å². The molecule has 1 aliphatic rings. The lowest BCUT2D eigenvalue weighted by molar-refractivity contribution is -0.274. The van der Waals surface area contributed by atoms with Gasteiger partial charge >= 0.3 is 12.4 Å². The Balaban J connectivity index is 1.35. The first kappa shape index (κ1) is 22.6. The second kappa shape index (κ2) is 9.13. The molecule has 174 valence electrons. The highest BCUT2D eigenvalue weighted by molar-refractivity contribution is 5.92. The van der Waals surface area contributed by atoms with Gasteiger partial charge in [0, 0.05) is 49.1 Å². The van der Waals surface area contributed by atoms with Crippen LogP contribution in [0.5, 0.6) is 5.75 Å². The van der Waals surface area contributed by atoms with Crippen LogP contribution in [-0.4, -0.2) is 48.5 Å². The Morgan fingerprint density at radius 3 is 2.48 bits per heavy atom. The molecular formula is C23H22F4N4O2. The van der Waals surface area contributed by atoms with E-state index >= 15 is 0 Å². The van der Waals surface area contributed by atoms with Crippen molar-refractivity contribution in [1.82, 2.24) is 9.88 Å². The van der Waals surface area contributed by atoms with Crippen molar-refractivity contribution in [2.75, 3.05) is 30.4 Å². The van der Waals surface area contributed by atoms with Gasteiger partial charge in [-0.25, -0.2) is 9.18 Å². The number of hydrogen-bond donors (Lipinski definition) is 1. The van der Waals surface area contributed by atoms with Crippen molar-refractivity contribution in [2.24, 2.45) is 0 Å². The molecule has 1 saturated heterocycles. The van der Waals surface area contributed by atoms with E-state index in [1.54, 1.807) is 24.2 Å². The predicted octanol–water partition coefficient (Wildman–Crippen LogP) is 5.41. The normalized spacial score (nSPS) is 14.9. The van der Waals surface area contributed by atoms with Crippen LogP contribution in [0.3, 0.4) is 0 Å². The maximum Gasteiger partial charge on any atom is 0.573 e. The summed E-state index contributed by atoms with van der Waals surface area (Å²) in [7, 11) is 1.69. The number of ether oxygens (including phenoxy) is 1. The summed E-state index contributed by atoms with van der Waals surface area (Å²) < 4.78 is 54.4. The molecule has 0 atom stereocenters. The third-order valence-corrected chi connectivity index (χ3v) is 5.69. The number of amides is 2. The first-order valence-electron chi connectivity index (χ1n) is 10.4. The zero-order chi connectivity index (χ0) is 23.6. The van der Waals surface area contributed by atoms with Gasteiger partial charge in [0.25, 0.3) is 0 Å². The topological polar surface area (TPSA) is 57.7 Å². The van der Waals surface area contributed by atoms with Crippen LogP contribution in [0.15, 0.2) is 54.7 Å². The molecule has 0 spiro atoms. The number of aromatic nitrogens is 1. The number of nitrogens with zero attached hydrogens (tertiary/aromatic N) is 3. The van der Waals surface area contributed by atoms with Gasteiger partial charge in [-0.05, 0) is 61.4 Å². The molecule has 1 fully saturated rings. The summed E-state index contributed by atoms with van der Waals surface area (Å²) in [4.78, 5) is 20.7. The van der Waals surface area contributed by atoms with Crippen LogP contribution in [-0.2, 0) is 0 Å². The monoisotopic (exact) mass is 462 g/mol. The fourth-order valence-corrected chi connectivity index (χ4v) is 3.99. The van der Waals surface area contributed by atoms with E-state index < -0.39 is 6.36 Å². The van der Waals surface area contributed by atoms with Crippen molar-refractivity contribution in [3.05, 3.63) is 60.5 Å². The summed E-state index contributed by atoms with van der Waals surface area (Å²) in [5.41, 5.74) is 1.99. The van der Waals surface area contributed by atoms with E-state index in [1.165, 1.54) is 24.3 Å². The average Bonchev–Trinajstić information content (AvgIpc) is 2.78. The lowest BCUT2D eigenvalue weighted by Crippen LogP contribution is -2.47. The maximum absolute atomic E-state index is 13.8. The van der Waals surface area contributed by atoms with E-state index in [-0.39, 0.29) is 23.6 Å². The first-order valence-corrected chi connectivity index (χ1v) is 10.4. The Labute approximate surface area is 187 Å². The quantitative estimate of drug-likeness (QED) is 0.527. The number of alkyl halides is 3. The molecule has 0 unspecified atom stereocenters. The van der Waals surface area contributed by atoms with Crippen molar-refractivity contribution in [3.63, 3.8) is 0 Å². The number of hydrogen-bond acceptors (Lipinski definition) is 4. The molecule has 0 aliphatic carbocycles. The summed E-state index contributed by atoms with van der Waals surface area (Å²) in [5, 5.41) is 3.44. The molecule has 6 nitrogen and oxygen atoms in total. The summed E-state index contributed by atoms with van der Waals surface area (Å²) in [5.74, 6) is -0.675. The average molecular weight is 462 g/mol. The number of anilines is 2. The second-order valence-corrected chi connectivity index (χ2v) is 7.82. The van der Waals surface area contributed by atoms with Crippen LogP contribution in [0, 0.1) is 5.82 Å². The molecule has 3 aromatic rings. The van der Waals surface area contributed by atoms with Crippen LogP contribution in [0.1, 0.15) is 12.8 Å². The van der Waals surface area contributed by atoms with Crippen LogP contribution in [0.2, 0.25) is 0 Å². The molecule has 1 aromatic heterocycles. The molecule has 4 rings (SSSR count). The number of nitrogens with one attached hydrogen (secondary N) is 1. The molecule has 10 heteroatoms. The molecule has 1 N–H and O–H groups in total. The highest BCUT2D eigenvalue weighted by Crippen LogP contribution is 2.29. The van der Waals surface area contributed by atoms with Gasteiger partial charge in [-0.3, -0.25) is 4.98 Å². The van der Waals surface area contributed by atoms with Crippen molar-refractivity contribution < 1.29 is 27.1 Å². The molecule has 33 heavy (non-hydrogen) atoms. The second-order valence-electron chi connectivity index (χ2n) is 7.82. The van der Waals surface area contributed by atoms with E-state index in [4.69, 9.17) is 0 Å². The highest BCUT2D eigenvalue weighted by atomic mass is 19.4. The van der Waals surface area contributed by atoms with E-state index in [0.29, 0.717) is 31.6 Å². The minimum absolute atomic E-state index is 0.0149. The van der Waals surface area contributed by atoms with Gasteiger partial charge in [-0.2, -0.15) is 0 Å². The van der Waals surface area contributed by atoms with Crippen LogP contribution >= 0.6 is 0 Å². The number of benzene rings is 2. The van der Waals surface area contributed by atoms with Gasteiger partial charge in [0.15, 0.2) is 0 Å². The van der Waals surface area contributed by atoms with Crippen molar-refractivity contribution in [2.45, 2.75) is 25.2 Å². The van der Waals surface area contributed by atoms with Gasteiger partial charge in [0.2, 0.25) is 0 Å². The number of piperidine rings is 1. The lowest BCUT2D eigenvalue weighted by atomic mass is 10.0. The Morgan fingerprint density at radius 2 is 1.82 bits per heavy atom. The Morgan fingerprint density at radius 1 is 1.12 bits per heavy atom. The molecule has 0 saturated carbocycles. The Hall–Kier alpha value is -3.56. The Bertz CT molecular complexity index is 1130. The van der Waals surface area contributed by atoms with Crippen molar-refractivity contribution >= 4 is 28.3 Å². The van der Waals surface area contributed by atoms with Crippen LogP contribution in [0.4, 0.5) is 33.7 Å². The molecule has 2 aromatic carbocycles. The van der Waals surface area contributed by atoms with Gasteiger partial charge < -0.3 is 19.9 Å². The first-order chi connectivity index (χ1) is 15.7. The minimum atomic E-state index is -4.77. The number of carbonyl (C=O) groups excluding carboxylic acids is 1. The number of rotatable bonds is 4. The summed E-state index contributed by atoms with van der Waals surface area (Å²) in [6.45, 7) is 1.36. The molecule has 0 bridgehead atoms. The van der Waals surface area contributed by atoms with Gasteiger partial charge in [-0.15, -0.1) is 13.2 Å². The number of urea groups is 1. The van der Waals surface area contributed by atoms with Crippen molar-refractivity contribution in [1.29, 1.82) is 0 Å². The molecule has 2 amide bonds.